The second-order valence-corrected chi connectivity index (χ2v) is 12.9. The largest absolute Gasteiger partial charge is 0.0851 e. The summed E-state index contributed by atoms with van der Waals surface area (Å²) in [7, 11) is 0. The van der Waals surface area contributed by atoms with E-state index in [2.05, 4.69) is 66.7 Å². The van der Waals surface area contributed by atoms with Crippen LogP contribution in [0.15, 0.2) is 23.8 Å². The monoisotopic (exact) mass is 410 g/mol. The van der Waals surface area contributed by atoms with Gasteiger partial charge in [0.25, 0.3) is 0 Å². The van der Waals surface area contributed by atoms with Crippen LogP contribution in [0.5, 0.6) is 0 Å². The number of fused-ring (bicyclic) bond motifs is 5. The van der Waals surface area contributed by atoms with Crippen molar-refractivity contribution < 1.29 is 0 Å². The summed E-state index contributed by atoms with van der Waals surface area (Å²) in [6, 6.07) is 0. The molecule has 0 heterocycles. The van der Waals surface area contributed by atoms with Gasteiger partial charge in [-0.1, -0.05) is 72.3 Å². The Morgan fingerprint density at radius 2 is 1.77 bits per heavy atom. The van der Waals surface area contributed by atoms with Crippen LogP contribution in [0.3, 0.4) is 0 Å². The van der Waals surface area contributed by atoms with Gasteiger partial charge < -0.3 is 0 Å². The highest BCUT2D eigenvalue weighted by Crippen LogP contribution is 2.67. The van der Waals surface area contributed by atoms with Crippen molar-refractivity contribution in [1.29, 1.82) is 0 Å². The van der Waals surface area contributed by atoms with Gasteiger partial charge in [-0.15, -0.1) is 0 Å². The lowest BCUT2D eigenvalue weighted by atomic mass is 9.46. The maximum atomic E-state index is 2.74. The molecule has 30 heavy (non-hydrogen) atoms. The maximum Gasteiger partial charge on any atom is -0.00851 e. The highest BCUT2D eigenvalue weighted by Gasteiger charge is 2.58. The molecule has 0 radical (unpaired) electrons. The molecule has 3 saturated carbocycles. The molecule has 0 aliphatic heterocycles. The Hall–Kier alpha value is -0.520. The van der Waals surface area contributed by atoms with E-state index >= 15 is 0 Å². The summed E-state index contributed by atoms with van der Waals surface area (Å²) in [6.07, 6.45) is 20.9. The van der Waals surface area contributed by atoms with E-state index in [1.807, 2.05) is 5.57 Å². The minimum absolute atomic E-state index is 0.534. The SMILES string of the molecule is CC[C@H](C=C[C@@H](C)[C@@H]1CC[C@@H]2[C@H]3CC=C4C[C@@H](C)CC[C@]4(C)[C@H]3CC[C@@]21C)C(C)C. The molecule has 0 N–H and O–H groups in total. The van der Waals surface area contributed by atoms with Crippen molar-refractivity contribution in [3.8, 4) is 0 Å². The van der Waals surface area contributed by atoms with Gasteiger partial charge in [-0.05, 0) is 116 Å². The molecule has 170 valence electrons. The fourth-order valence-electron chi connectivity index (χ4n) is 9.03. The van der Waals surface area contributed by atoms with E-state index in [-0.39, 0.29) is 0 Å². The Bertz CT molecular complexity index is 668. The van der Waals surface area contributed by atoms with Crippen LogP contribution in [-0.2, 0) is 0 Å². The van der Waals surface area contributed by atoms with E-state index < -0.39 is 0 Å². The topological polar surface area (TPSA) is 0 Å². The van der Waals surface area contributed by atoms with Crippen molar-refractivity contribution in [3.05, 3.63) is 23.8 Å². The van der Waals surface area contributed by atoms with E-state index in [1.54, 1.807) is 0 Å². The second kappa shape index (κ2) is 8.44. The summed E-state index contributed by atoms with van der Waals surface area (Å²) < 4.78 is 0. The first-order valence-electron chi connectivity index (χ1n) is 13.6. The Kier molecular flexibility index (Phi) is 6.38. The first-order chi connectivity index (χ1) is 14.2. The Morgan fingerprint density at radius 3 is 2.47 bits per heavy atom. The molecule has 4 aliphatic rings. The molecular weight excluding hydrogens is 360 g/mol. The molecule has 0 amide bonds. The van der Waals surface area contributed by atoms with Gasteiger partial charge in [0.15, 0.2) is 0 Å². The highest BCUT2D eigenvalue weighted by atomic mass is 14.6. The van der Waals surface area contributed by atoms with Gasteiger partial charge in [0.2, 0.25) is 0 Å². The predicted octanol–water partition coefficient (Wildman–Crippen LogP) is 9.08. The highest BCUT2D eigenvalue weighted by molar-refractivity contribution is 5.25. The lowest BCUT2D eigenvalue weighted by Crippen LogP contribution is -2.50. The van der Waals surface area contributed by atoms with E-state index in [9.17, 15) is 0 Å². The normalized spacial score (nSPS) is 45.6. The van der Waals surface area contributed by atoms with Gasteiger partial charge in [0.1, 0.15) is 0 Å². The molecular formula is C30H50. The molecule has 0 saturated heterocycles. The Morgan fingerprint density at radius 1 is 1.00 bits per heavy atom. The quantitative estimate of drug-likeness (QED) is 0.396. The summed E-state index contributed by atoms with van der Waals surface area (Å²) in [5, 5.41) is 0. The zero-order valence-corrected chi connectivity index (χ0v) is 21.2. The molecule has 4 aliphatic carbocycles. The van der Waals surface area contributed by atoms with Crippen molar-refractivity contribution in [2.75, 3.05) is 0 Å². The molecule has 4 rings (SSSR count). The summed E-state index contributed by atoms with van der Waals surface area (Å²) in [6.45, 7) is 17.5. The van der Waals surface area contributed by atoms with Gasteiger partial charge in [-0.3, -0.25) is 0 Å². The first-order valence-corrected chi connectivity index (χ1v) is 13.6. The van der Waals surface area contributed by atoms with E-state index in [1.165, 1.54) is 57.8 Å². The molecule has 3 fully saturated rings. The van der Waals surface area contributed by atoms with Crippen LogP contribution in [0.4, 0.5) is 0 Å². The van der Waals surface area contributed by atoms with Crippen LogP contribution in [0, 0.1) is 58.2 Å². The van der Waals surface area contributed by atoms with Gasteiger partial charge >= 0.3 is 0 Å². The van der Waals surface area contributed by atoms with Crippen LogP contribution < -0.4 is 0 Å². The van der Waals surface area contributed by atoms with E-state index in [0.717, 1.165) is 47.3 Å². The third kappa shape index (κ3) is 3.67. The molecule has 0 aromatic heterocycles. The molecule has 0 aromatic carbocycles. The van der Waals surface area contributed by atoms with Gasteiger partial charge in [0, 0.05) is 0 Å². The van der Waals surface area contributed by atoms with Crippen molar-refractivity contribution in [2.24, 2.45) is 58.2 Å². The molecule has 0 aromatic rings. The number of hydrogen-bond acceptors (Lipinski definition) is 0. The average molecular weight is 411 g/mol. The average Bonchev–Trinajstić information content (AvgIpc) is 3.06. The van der Waals surface area contributed by atoms with Crippen LogP contribution in [0.1, 0.15) is 106 Å². The van der Waals surface area contributed by atoms with Crippen molar-refractivity contribution in [2.45, 2.75) is 106 Å². The van der Waals surface area contributed by atoms with E-state index in [0.29, 0.717) is 10.8 Å². The summed E-state index contributed by atoms with van der Waals surface area (Å²) in [4.78, 5) is 0. The molecule has 0 heteroatoms. The smallest absolute Gasteiger partial charge is 0.00851 e. The predicted molar refractivity (Wildman–Crippen MR) is 131 cm³/mol. The molecule has 9 atom stereocenters. The third-order valence-electron chi connectivity index (χ3n) is 11.0. The first kappa shape index (κ1) is 22.7. The van der Waals surface area contributed by atoms with Crippen molar-refractivity contribution >= 4 is 0 Å². The maximum absolute atomic E-state index is 2.74. The number of allylic oxidation sites excluding steroid dienone is 4. The standard InChI is InChI=1S/C30H50/c1-8-23(20(2)3)10-9-22(5)26-13-14-27-25-12-11-24-19-21(4)15-17-29(24,6)28(25)16-18-30(26,27)7/h9-11,20-23,25-28H,8,12-19H2,1-7H3/t21-,22+,23+,25+,26-,27+,28-,29-,30+/m0/s1. The number of rotatable bonds is 5. The zero-order chi connectivity index (χ0) is 21.7. The van der Waals surface area contributed by atoms with Crippen molar-refractivity contribution in [1.82, 2.24) is 0 Å². The van der Waals surface area contributed by atoms with Gasteiger partial charge in [-0.2, -0.15) is 0 Å². The van der Waals surface area contributed by atoms with Gasteiger partial charge in [0.05, 0.1) is 0 Å². The van der Waals surface area contributed by atoms with Crippen LogP contribution in [-0.4, -0.2) is 0 Å². The molecule has 0 nitrogen and oxygen atoms in total. The molecule has 0 bridgehead atoms. The summed E-state index contributed by atoms with van der Waals surface area (Å²) in [5.74, 6) is 6.98. The Labute approximate surface area is 188 Å². The number of hydrogen-bond donors (Lipinski definition) is 0. The molecule has 0 unspecified atom stereocenters. The van der Waals surface area contributed by atoms with Gasteiger partial charge in [-0.25, -0.2) is 0 Å². The van der Waals surface area contributed by atoms with Crippen LogP contribution in [0.2, 0.25) is 0 Å². The van der Waals surface area contributed by atoms with Crippen LogP contribution in [0.25, 0.3) is 0 Å². The summed E-state index contributed by atoms with van der Waals surface area (Å²) >= 11 is 0. The fourth-order valence-corrected chi connectivity index (χ4v) is 9.03. The Balaban J connectivity index is 1.52. The summed E-state index contributed by atoms with van der Waals surface area (Å²) in [5.41, 5.74) is 2.97. The third-order valence-corrected chi connectivity index (χ3v) is 11.0. The minimum atomic E-state index is 0.534. The fraction of sp³-hybridized carbons (Fsp3) is 0.867. The lowest BCUT2D eigenvalue weighted by Gasteiger charge is -2.58. The molecule has 0 spiro atoms. The zero-order valence-electron chi connectivity index (χ0n) is 21.2. The lowest BCUT2D eigenvalue weighted by molar-refractivity contribution is -0.0486. The van der Waals surface area contributed by atoms with E-state index in [4.69, 9.17) is 0 Å². The van der Waals surface area contributed by atoms with Crippen molar-refractivity contribution in [3.63, 3.8) is 0 Å². The minimum Gasteiger partial charge on any atom is -0.0851 e. The second-order valence-electron chi connectivity index (χ2n) is 12.9. The van der Waals surface area contributed by atoms with Crippen LogP contribution >= 0.6 is 0 Å².